The number of hydrogen-bond acceptors (Lipinski definition) is 2. The average molecular weight is 215 g/mol. The number of benzene rings is 1. The second-order valence-corrected chi connectivity index (χ2v) is 4.13. The summed E-state index contributed by atoms with van der Waals surface area (Å²) in [7, 11) is 0. The fourth-order valence-corrected chi connectivity index (χ4v) is 1.85. The molecule has 1 aromatic carbocycles. The summed E-state index contributed by atoms with van der Waals surface area (Å²) in [6, 6.07) is 8.48. The highest BCUT2D eigenvalue weighted by Gasteiger charge is 2.08. The highest BCUT2D eigenvalue weighted by atomic mass is 14.9. The van der Waals surface area contributed by atoms with Crippen molar-refractivity contribution in [3.63, 3.8) is 0 Å². The van der Waals surface area contributed by atoms with Crippen LogP contribution in [0.1, 0.15) is 17.0 Å². The highest BCUT2D eigenvalue weighted by Crippen LogP contribution is 2.10. The predicted octanol–water partition coefficient (Wildman–Crippen LogP) is 1.83. The number of rotatable bonds is 4. The van der Waals surface area contributed by atoms with Crippen molar-refractivity contribution in [2.24, 2.45) is 5.73 Å². The molecule has 0 fully saturated rings. The fraction of sp³-hybridized carbons (Fsp3) is 0.308. The zero-order valence-corrected chi connectivity index (χ0v) is 9.48. The van der Waals surface area contributed by atoms with Crippen molar-refractivity contribution in [2.75, 3.05) is 0 Å². The van der Waals surface area contributed by atoms with Gasteiger partial charge in [0.2, 0.25) is 0 Å². The lowest BCUT2D eigenvalue weighted by molar-refractivity contribution is 0.643. The molecule has 0 aliphatic heterocycles. The maximum absolute atomic E-state index is 6.11. The molecule has 16 heavy (non-hydrogen) atoms. The van der Waals surface area contributed by atoms with Crippen molar-refractivity contribution >= 4 is 0 Å². The Balaban J connectivity index is 1.97. The van der Waals surface area contributed by atoms with Crippen LogP contribution in [0.2, 0.25) is 0 Å². The standard InChI is InChI=1S/C13H17N3/c1-10-4-2-3-5-11(10)8-12(14)9-13-15-6-7-16-13/h2-7,12H,8-9,14H2,1H3,(H,15,16). The smallest absolute Gasteiger partial charge is 0.107 e. The van der Waals surface area contributed by atoms with Crippen LogP contribution in [-0.2, 0) is 12.8 Å². The van der Waals surface area contributed by atoms with Crippen LogP contribution in [0.15, 0.2) is 36.7 Å². The molecule has 3 nitrogen and oxygen atoms in total. The van der Waals surface area contributed by atoms with Gasteiger partial charge in [-0.3, -0.25) is 0 Å². The minimum atomic E-state index is 0.118. The first-order valence-electron chi connectivity index (χ1n) is 5.54. The van der Waals surface area contributed by atoms with Gasteiger partial charge in [0.05, 0.1) is 0 Å². The molecule has 3 N–H and O–H groups in total. The van der Waals surface area contributed by atoms with E-state index in [0.29, 0.717) is 0 Å². The summed E-state index contributed by atoms with van der Waals surface area (Å²) in [6.45, 7) is 2.12. The van der Waals surface area contributed by atoms with E-state index in [1.165, 1.54) is 11.1 Å². The molecule has 0 spiro atoms. The Hall–Kier alpha value is -1.61. The van der Waals surface area contributed by atoms with Gasteiger partial charge in [0.1, 0.15) is 5.82 Å². The topological polar surface area (TPSA) is 54.7 Å². The van der Waals surface area contributed by atoms with Crippen molar-refractivity contribution in [3.05, 3.63) is 53.6 Å². The molecule has 0 aliphatic rings. The third-order valence-corrected chi connectivity index (χ3v) is 2.75. The van der Waals surface area contributed by atoms with E-state index in [4.69, 9.17) is 5.73 Å². The van der Waals surface area contributed by atoms with Gasteiger partial charge in [0, 0.05) is 24.9 Å². The van der Waals surface area contributed by atoms with Gasteiger partial charge in [-0.1, -0.05) is 24.3 Å². The number of aromatic nitrogens is 2. The number of aromatic amines is 1. The monoisotopic (exact) mass is 215 g/mol. The number of imidazole rings is 1. The number of H-pyrrole nitrogens is 1. The summed E-state index contributed by atoms with van der Waals surface area (Å²) in [5, 5.41) is 0. The minimum absolute atomic E-state index is 0.118. The Morgan fingerprint density at radius 1 is 1.31 bits per heavy atom. The molecule has 0 aliphatic carbocycles. The maximum Gasteiger partial charge on any atom is 0.107 e. The summed E-state index contributed by atoms with van der Waals surface area (Å²) in [5.41, 5.74) is 8.73. The van der Waals surface area contributed by atoms with Crippen LogP contribution in [0, 0.1) is 6.92 Å². The first kappa shape index (κ1) is 10.9. The molecule has 0 saturated carbocycles. The van der Waals surface area contributed by atoms with Gasteiger partial charge in [0.15, 0.2) is 0 Å². The second-order valence-electron chi connectivity index (χ2n) is 4.13. The van der Waals surface area contributed by atoms with Gasteiger partial charge < -0.3 is 10.7 Å². The molecular weight excluding hydrogens is 198 g/mol. The van der Waals surface area contributed by atoms with Gasteiger partial charge in [-0.05, 0) is 24.5 Å². The molecule has 2 rings (SSSR count). The minimum Gasteiger partial charge on any atom is -0.349 e. The second kappa shape index (κ2) is 4.94. The molecule has 1 aromatic heterocycles. The van der Waals surface area contributed by atoms with Crippen LogP contribution < -0.4 is 5.73 Å². The summed E-state index contributed by atoms with van der Waals surface area (Å²) in [5.74, 6) is 0.959. The van der Waals surface area contributed by atoms with Crippen LogP contribution in [0.4, 0.5) is 0 Å². The Kier molecular flexibility index (Phi) is 3.37. The van der Waals surface area contributed by atoms with Crippen LogP contribution >= 0.6 is 0 Å². The van der Waals surface area contributed by atoms with E-state index < -0.39 is 0 Å². The summed E-state index contributed by atoms with van der Waals surface area (Å²) in [4.78, 5) is 7.26. The van der Waals surface area contributed by atoms with Gasteiger partial charge in [-0.2, -0.15) is 0 Å². The Labute approximate surface area is 95.7 Å². The van der Waals surface area contributed by atoms with Crippen molar-refractivity contribution in [1.82, 2.24) is 9.97 Å². The molecule has 3 heteroatoms. The van der Waals surface area contributed by atoms with Gasteiger partial charge in [0.25, 0.3) is 0 Å². The lowest BCUT2D eigenvalue weighted by atomic mass is 10.00. The van der Waals surface area contributed by atoms with E-state index in [1.807, 2.05) is 6.20 Å². The quantitative estimate of drug-likeness (QED) is 0.817. The zero-order chi connectivity index (χ0) is 11.4. The van der Waals surface area contributed by atoms with Crippen molar-refractivity contribution in [3.8, 4) is 0 Å². The van der Waals surface area contributed by atoms with E-state index >= 15 is 0 Å². The first-order valence-corrected chi connectivity index (χ1v) is 5.54. The van der Waals surface area contributed by atoms with Gasteiger partial charge in [-0.15, -0.1) is 0 Å². The van der Waals surface area contributed by atoms with Crippen molar-refractivity contribution in [2.45, 2.75) is 25.8 Å². The zero-order valence-electron chi connectivity index (χ0n) is 9.48. The number of nitrogens with two attached hydrogens (primary N) is 1. The lowest BCUT2D eigenvalue weighted by Crippen LogP contribution is -2.26. The summed E-state index contributed by atoms with van der Waals surface area (Å²) in [6.07, 6.45) is 5.28. The van der Waals surface area contributed by atoms with E-state index in [9.17, 15) is 0 Å². The Morgan fingerprint density at radius 3 is 2.81 bits per heavy atom. The van der Waals surface area contributed by atoms with E-state index in [1.54, 1.807) is 6.20 Å². The van der Waals surface area contributed by atoms with Crippen LogP contribution in [-0.4, -0.2) is 16.0 Å². The van der Waals surface area contributed by atoms with E-state index in [0.717, 1.165) is 18.7 Å². The average Bonchev–Trinajstić information content (AvgIpc) is 2.74. The SMILES string of the molecule is Cc1ccccc1CC(N)Cc1ncc[nH]1. The molecule has 1 unspecified atom stereocenters. The van der Waals surface area contributed by atoms with Crippen LogP contribution in [0.25, 0.3) is 0 Å². The molecule has 0 saturated heterocycles. The largest absolute Gasteiger partial charge is 0.349 e. The highest BCUT2D eigenvalue weighted by molar-refractivity contribution is 5.26. The van der Waals surface area contributed by atoms with Crippen molar-refractivity contribution in [1.29, 1.82) is 0 Å². The molecule has 0 bridgehead atoms. The number of aryl methyl sites for hydroxylation is 1. The Bertz CT molecular complexity index is 434. The molecule has 0 radical (unpaired) electrons. The van der Waals surface area contributed by atoms with Gasteiger partial charge in [-0.25, -0.2) is 4.98 Å². The third-order valence-electron chi connectivity index (χ3n) is 2.75. The molecule has 1 heterocycles. The molecule has 84 valence electrons. The normalized spacial score (nSPS) is 12.6. The van der Waals surface area contributed by atoms with Crippen molar-refractivity contribution < 1.29 is 0 Å². The summed E-state index contributed by atoms with van der Waals surface area (Å²) >= 11 is 0. The first-order chi connectivity index (χ1) is 7.75. The molecular formula is C13H17N3. The Morgan fingerprint density at radius 2 is 2.12 bits per heavy atom. The molecule has 2 aromatic rings. The lowest BCUT2D eigenvalue weighted by Gasteiger charge is -2.11. The third kappa shape index (κ3) is 2.70. The number of hydrogen-bond donors (Lipinski definition) is 2. The maximum atomic E-state index is 6.11. The van der Waals surface area contributed by atoms with Crippen LogP contribution in [0.3, 0.4) is 0 Å². The number of nitrogens with zero attached hydrogens (tertiary/aromatic N) is 1. The van der Waals surface area contributed by atoms with E-state index in [-0.39, 0.29) is 6.04 Å². The van der Waals surface area contributed by atoms with Crippen LogP contribution in [0.5, 0.6) is 0 Å². The summed E-state index contributed by atoms with van der Waals surface area (Å²) < 4.78 is 0. The molecule has 0 amide bonds. The van der Waals surface area contributed by atoms with E-state index in [2.05, 4.69) is 41.2 Å². The fourth-order valence-electron chi connectivity index (χ4n) is 1.85. The van der Waals surface area contributed by atoms with Gasteiger partial charge >= 0.3 is 0 Å². The number of nitrogens with one attached hydrogen (secondary N) is 1. The predicted molar refractivity (Wildman–Crippen MR) is 65.2 cm³/mol. The molecule has 1 atom stereocenters.